The largest absolute Gasteiger partial charge is 0.399 e. The van der Waals surface area contributed by atoms with Gasteiger partial charge in [-0.15, -0.1) is 0 Å². The van der Waals surface area contributed by atoms with Gasteiger partial charge in [0.15, 0.2) is 0 Å². The summed E-state index contributed by atoms with van der Waals surface area (Å²) >= 11 is 0. The van der Waals surface area contributed by atoms with Crippen molar-refractivity contribution in [2.24, 2.45) is 0 Å². The van der Waals surface area contributed by atoms with Crippen molar-refractivity contribution in [1.82, 2.24) is 39.6 Å². The number of fused-ring (bicyclic) bond motifs is 10. The van der Waals surface area contributed by atoms with Crippen molar-refractivity contribution in [2.75, 3.05) is 96.2 Å². The van der Waals surface area contributed by atoms with Gasteiger partial charge in [0.1, 0.15) is 5.78 Å². The van der Waals surface area contributed by atoms with Gasteiger partial charge in [-0.25, -0.2) is 0 Å². The quantitative estimate of drug-likeness (QED) is 0.0886. The van der Waals surface area contributed by atoms with Gasteiger partial charge in [0.25, 0.3) is 17.7 Å². The van der Waals surface area contributed by atoms with Crippen LogP contribution in [0.25, 0.3) is 0 Å². The molecule has 17 nitrogen and oxygen atoms in total. The van der Waals surface area contributed by atoms with Gasteiger partial charge in [0.05, 0.1) is 0 Å². The Bertz CT molecular complexity index is 4110. The molecule has 17 heteroatoms. The van der Waals surface area contributed by atoms with Gasteiger partial charge in [-0.05, 0) is 277 Å². The number of benzene rings is 8. The van der Waals surface area contributed by atoms with E-state index >= 15 is 0 Å². The van der Waals surface area contributed by atoms with Crippen LogP contribution in [0.4, 0.5) is 45.5 Å². The molecule has 6 unspecified atom stereocenters. The van der Waals surface area contributed by atoms with Gasteiger partial charge in [-0.1, -0.05) is 160 Å². The Hall–Kier alpha value is -9.36. The van der Waals surface area contributed by atoms with Gasteiger partial charge in [-0.2, -0.15) is 0 Å². The molecule has 0 aliphatic carbocycles. The normalized spacial score (nSPS) is 24.4. The third kappa shape index (κ3) is 27.1. The molecule has 8 aromatic rings. The van der Waals surface area contributed by atoms with E-state index in [0.29, 0.717) is 78.3 Å². The highest BCUT2D eigenvalue weighted by molar-refractivity contribution is 5.96. The first-order chi connectivity index (χ1) is 59.7. The van der Waals surface area contributed by atoms with Crippen LogP contribution in [-0.4, -0.2) is 213 Å². The molecule has 18 rings (SSSR count). The fraction of sp³-hybridized carbons (Fsp3) is 0.509. The van der Waals surface area contributed by atoms with Crippen LogP contribution >= 0.6 is 0 Å². The van der Waals surface area contributed by atoms with E-state index in [0.717, 1.165) is 53.0 Å². The molecule has 4 N–H and O–H groups in total. The van der Waals surface area contributed by atoms with Crippen LogP contribution in [0.2, 0.25) is 0 Å². The average Bonchev–Trinajstić information content (AvgIpc) is 1.67. The molecule has 10 fully saturated rings. The van der Waals surface area contributed by atoms with Crippen molar-refractivity contribution >= 4 is 69.0 Å². The monoisotopic (exact) mass is 1670 g/mol. The van der Waals surface area contributed by atoms with Crippen LogP contribution < -0.4 is 31.1 Å². The number of nitrogen functional groups attached to an aromatic ring is 1. The van der Waals surface area contributed by atoms with Crippen LogP contribution in [0.5, 0.6) is 0 Å². The van der Waals surface area contributed by atoms with Crippen LogP contribution in [0, 0.1) is 0 Å². The van der Waals surface area contributed by atoms with E-state index in [2.05, 4.69) is 231 Å². The Balaban J connectivity index is 0.000000187. The van der Waals surface area contributed by atoms with Crippen molar-refractivity contribution in [2.45, 2.75) is 282 Å². The number of nitrogens with one attached hydrogen (secondary N) is 2. The molecule has 0 aromatic heterocycles. The van der Waals surface area contributed by atoms with Crippen molar-refractivity contribution in [3.05, 3.63) is 241 Å². The number of nitrogens with two attached hydrogens (primary N) is 1. The molecular formula is C106H155N13O4. The lowest BCUT2D eigenvalue weighted by Crippen LogP contribution is -2.47. The summed E-state index contributed by atoms with van der Waals surface area (Å²) in [5.41, 5.74) is 16.9. The zero-order chi connectivity index (χ0) is 89.2. The highest BCUT2D eigenvalue weighted by Crippen LogP contribution is 2.44. The van der Waals surface area contributed by atoms with Gasteiger partial charge < -0.3 is 60.5 Å². The Labute approximate surface area is 743 Å². The second-order valence-corrected chi connectivity index (χ2v) is 34.1. The molecular weight excluding hydrogens is 1520 g/mol. The minimum Gasteiger partial charge on any atom is -0.399 e. The number of anilines is 8. The number of piperidine rings is 5. The van der Waals surface area contributed by atoms with Crippen LogP contribution in [0.3, 0.4) is 0 Å². The number of amides is 3. The molecule has 8 aromatic carbocycles. The molecule has 3 amide bonds. The predicted octanol–water partition coefficient (Wildman–Crippen LogP) is 22.0. The van der Waals surface area contributed by atoms with E-state index in [4.69, 9.17) is 5.73 Å². The summed E-state index contributed by atoms with van der Waals surface area (Å²) < 4.78 is 0. The van der Waals surface area contributed by atoms with Gasteiger partial charge >= 0.3 is 0 Å². The molecule has 123 heavy (non-hydrogen) atoms. The lowest BCUT2D eigenvalue weighted by atomic mass is 9.95. The average molecular weight is 1680 g/mol. The minimum atomic E-state index is 0.0442. The van der Waals surface area contributed by atoms with E-state index in [1.54, 1.807) is 57.0 Å². The predicted molar refractivity (Wildman–Crippen MR) is 521 cm³/mol. The number of hydrogen-bond acceptors (Lipinski definition) is 14. The molecule has 0 saturated carbocycles. The number of carbonyl (C=O) groups excluding carboxylic acids is 4. The fourth-order valence-corrected chi connectivity index (χ4v) is 19.9. The van der Waals surface area contributed by atoms with Crippen LogP contribution in [-0.2, 0) is 4.79 Å². The first kappa shape index (κ1) is 99.1. The maximum atomic E-state index is 12.2. The summed E-state index contributed by atoms with van der Waals surface area (Å²) in [6.45, 7) is 20.0. The topological polar surface area (TPSA) is 151 Å². The third-order valence-corrected chi connectivity index (χ3v) is 26.1. The molecule has 10 aliphatic rings. The van der Waals surface area contributed by atoms with Crippen molar-refractivity contribution in [3.8, 4) is 0 Å². The van der Waals surface area contributed by atoms with Crippen LogP contribution in [0.15, 0.2) is 224 Å². The fourth-order valence-electron chi connectivity index (χ4n) is 19.9. The Morgan fingerprint density at radius 1 is 0.309 bits per heavy atom. The first-order valence-electron chi connectivity index (χ1n) is 47.0. The zero-order valence-electron chi connectivity index (χ0n) is 78.8. The molecule has 10 aliphatic heterocycles. The number of nitrogens with zero attached hydrogens (tertiary/aromatic N) is 10. The summed E-state index contributed by atoms with van der Waals surface area (Å²) in [4.78, 5) is 70.1. The van der Waals surface area contributed by atoms with Crippen molar-refractivity contribution in [3.63, 3.8) is 0 Å². The second kappa shape index (κ2) is 50.6. The van der Waals surface area contributed by atoms with E-state index in [-0.39, 0.29) is 17.7 Å². The van der Waals surface area contributed by atoms with E-state index in [1.165, 1.54) is 150 Å². The highest BCUT2D eigenvalue weighted by atomic mass is 16.2. The SMILES string of the molecule is CC.CC.CC.CC.CC.CN(C)C(=O)c1ccc(N(c2ccccc2)C2C[C@H]3CC[C@@H](C2)N3)cc1.CN(C)C(=O)c1ccc(N(c2ccccc2)C2C[C@H]3CC[C@@H](C2)N3C)cc1.CN(C)C(=O)c1ccc(N(c2ccccc2)C2C[C@H]3CC[C@@H](C2)N3C)cc1.CN1C2CCC1CC(=O)C2.CN1[C@@H]2CC[C@H]1CC(Nc1ccccc1)C2.Nc1ccccc1. The second-order valence-electron chi connectivity index (χ2n) is 34.1. The molecule has 0 spiro atoms. The van der Waals surface area contributed by atoms with E-state index in [9.17, 15) is 19.2 Å². The highest BCUT2D eigenvalue weighted by Gasteiger charge is 2.44. The summed E-state index contributed by atoms with van der Waals surface area (Å²) in [6, 6.07) is 85.4. The van der Waals surface area contributed by atoms with Gasteiger partial charge in [-0.3, -0.25) is 24.1 Å². The Kier molecular flexibility index (Phi) is 40.7. The van der Waals surface area contributed by atoms with Gasteiger partial charge in [0, 0.05) is 202 Å². The number of Topliss-reactive ketones (excluding diaryl/α,β-unsaturated/α-hetero) is 1. The maximum absolute atomic E-state index is 12.2. The van der Waals surface area contributed by atoms with E-state index < -0.39 is 0 Å². The molecule has 10 saturated heterocycles. The number of ketones is 1. The summed E-state index contributed by atoms with van der Waals surface area (Å²) in [5, 5.41) is 7.41. The van der Waals surface area contributed by atoms with Crippen molar-refractivity contribution in [1.29, 1.82) is 0 Å². The lowest BCUT2D eigenvalue weighted by Gasteiger charge is -2.43. The number of para-hydroxylation sites is 5. The maximum Gasteiger partial charge on any atom is 0.253 e. The van der Waals surface area contributed by atoms with Crippen molar-refractivity contribution < 1.29 is 19.2 Å². The standard InChI is InChI=1S/2C23H29N3O.C22H27N3O.C14H20N2.C8H13NO.C6H7N.5C2H6/c2*1-24(2)23(27)17-9-11-19(12-10-17)26(18-7-5-4-6-8-18)22-15-20-13-14-21(16-22)25(20)3;1-24(2)22(26)16-8-12-20(13-9-16)25(19-6-4-3-5-7-19)21-14-17-10-11-18(15-21)23-17;1-16-13-7-8-14(16)10-12(9-13)15-11-5-3-2-4-6-11;1-9-6-2-3-7(9)5-8(10)4-6;7-6-4-2-1-3-5-6;5*1-2/h2*4-12,20-22H,13-16H2,1-3H3;3-9,12-13,17-18,21,23H,10-11,14-15H2,1-2H3;2-6,12-15H,7-10H2,1H3;6-7H,2-5H2,1H3;1-5H,7H2;5*1-2H3/t2*20-,21+,22?;17-,18+,21?;12?,13-,14+;;;;;;;. The Morgan fingerprint density at radius 3 is 0.813 bits per heavy atom. The molecule has 10 bridgehead atoms. The molecule has 668 valence electrons. The summed E-state index contributed by atoms with van der Waals surface area (Å²) in [7, 11) is 19.8. The lowest BCUT2D eigenvalue weighted by molar-refractivity contribution is -0.123. The van der Waals surface area contributed by atoms with E-state index in [1.807, 2.05) is 136 Å². The number of hydrogen-bond donors (Lipinski definition) is 3. The number of carbonyl (C=O) groups is 4. The third-order valence-electron chi connectivity index (χ3n) is 26.1. The molecule has 10 heterocycles. The van der Waals surface area contributed by atoms with Crippen LogP contribution in [0.1, 0.15) is 229 Å². The molecule has 0 radical (unpaired) electrons. The summed E-state index contributed by atoms with van der Waals surface area (Å²) in [6.07, 6.45) is 24.5. The minimum absolute atomic E-state index is 0.0442. The first-order valence-corrected chi connectivity index (χ1v) is 47.0. The number of rotatable bonds is 14. The van der Waals surface area contributed by atoms with Gasteiger partial charge in [0.2, 0.25) is 0 Å². The smallest absolute Gasteiger partial charge is 0.253 e. The zero-order valence-corrected chi connectivity index (χ0v) is 78.8. The molecule has 14 atom stereocenters. The summed E-state index contributed by atoms with van der Waals surface area (Å²) in [5.74, 6) is 0.614. The Morgan fingerprint density at radius 2 is 0.545 bits per heavy atom.